The van der Waals surface area contributed by atoms with Crippen molar-refractivity contribution in [2.45, 2.75) is 32.2 Å². The Morgan fingerprint density at radius 3 is 2.35 bits per heavy atom. The number of carbonyl (C=O) groups is 1. The van der Waals surface area contributed by atoms with Gasteiger partial charge in [0, 0.05) is 19.1 Å². The van der Waals surface area contributed by atoms with Gasteiger partial charge in [0.1, 0.15) is 23.9 Å². The Bertz CT molecular complexity index is 1170. The lowest BCUT2D eigenvalue weighted by Crippen LogP contribution is -2.26. The van der Waals surface area contributed by atoms with Crippen molar-refractivity contribution in [2.75, 3.05) is 13.2 Å². The fourth-order valence-corrected chi connectivity index (χ4v) is 3.06. The van der Waals surface area contributed by atoms with Crippen molar-refractivity contribution in [2.24, 2.45) is 0 Å². The van der Waals surface area contributed by atoms with E-state index in [0.29, 0.717) is 11.6 Å². The number of benzene rings is 2. The number of carboxylic acids is 1. The molecule has 2 aromatic rings. The minimum absolute atomic E-state index is 0.0330. The van der Waals surface area contributed by atoms with Crippen LogP contribution in [0.25, 0.3) is 0 Å². The average molecular weight is 553 g/mol. The maximum atomic E-state index is 12.6. The van der Waals surface area contributed by atoms with Crippen molar-refractivity contribution in [1.82, 2.24) is 0 Å². The van der Waals surface area contributed by atoms with Gasteiger partial charge in [0.15, 0.2) is 6.10 Å². The van der Waals surface area contributed by atoms with Gasteiger partial charge in [-0.3, -0.25) is 0 Å². The molecule has 0 bridgehead atoms. The first-order valence-electron chi connectivity index (χ1n) is 10.3. The normalized spacial score (nSPS) is 12.5. The molecule has 0 amide bonds. The molecule has 0 aromatic heterocycles. The number of aliphatic carboxylic acids is 1. The van der Waals surface area contributed by atoms with Crippen LogP contribution in [0.4, 0.5) is 26.3 Å². The van der Waals surface area contributed by atoms with Crippen LogP contribution in [0.1, 0.15) is 18.1 Å². The van der Waals surface area contributed by atoms with E-state index in [1.54, 1.807) is 13.0 Å². The minimum Gasteiger partial charge on any atom is -0.488 e. The van der Waals surface area contributed by atoms with Crippen LogP contribution in [-0.2, 0) is 16.0 Å². The first-order chi connectivity index (χ1) is 17.3. The average Bonchev–Trinajstić information content (AvgIpc) is 2.76. The predicted molar refractivity (Wildman–Crippen MR) is 120 cm³/mol. The van der Waals surface area contributed by atoms with Gasteiger partial charge < -0.3 is 24.1 Å². The number of hydrogen-bond donors (Lipinski definition) is 1. The van der Waals surface area contributed by atoms with Crippen molar-refractivity contribution in [3.8, 4) is 29.1 Å². The first kappa shape index (κ1) is 29.7. The van der Waals surface area contributed by atoms with Crippen LogP contribution in [-0.4, -0.2) is 43.1 Å². The number of alkyl halides is 6. The second kappa shape index (κ2) is 13.1. The van der Waals surface area contributed by atoms with Crippen LogP contribution in [0.15, 0.2) is 48.6 Å². The van der Waals surface area contributed by atoms with E-state index in [4.69, 9.17) is 26.2 Å². The Morgan fingerprint density at radius 2 is 1.76 bits per heavy atom. The number of halogens is 7. The van der Waals surface area contributed by atoms with E-state index in [0.717, 1.165) is 12.1 Å². The quantitative estimate of drug-likeness (QED) is 0.281. The first-order valence-corrected chi connectivity index (χ1v) is 10.7. The van der Waals surface area contributed by atoms with Crippen molar-refractivity contribution >= 4 is 17.6 Å². The van der Waals surface area contributed by atoms with Gasteiger partial charge >= 0.3 is 18.7 Å². The SMILES string of the molecule is CCO[C@@H](Cc1ccc(OC/C=C/C#Cc2ccc(OC(F)(F)F)cc2OC(F)(F)F)c(Cl)c1)C(=O)O. The Morgan fingerprint density at radius 1 is 1.05 bits per heavy atom. The zero-order valence-electron chi connectivity index (χ0n) is 19.0. The van der Waals surface area contributed by atoms with Crippen LogP contribution < -0.4 is 14.2 Å². The van der Waals surface area contributed by atoms with Gasteiger partial charge in [0.2, 0.25) is 0 Å². The lowest BCUT2D eigenvalue weighted by atomic mass is 10.1. The molecule has 1 N–H and O–H groups in total. The third kappa shape index (κ3) is 10.9. The van der Waals surface area contributed by atoms with Crippen LogP contribution in [0.5, 0.6) is 17.2 Å². The number of rotatable bonds is 10. The molecule has 37 heavy (non-hydrogen) atoms. The van der Waals surface area contributed by atoms with Crippen molar-refractivity contribution in [3.05, 3.63) is 64.7 Å². The number of allylic oxidation sites excluding steroid dienone is 1. The highest BCUT2D eigenvalue weighted by Crippen LogP contribution is 2.32. The topological polar surface area (TPSA) is 74.2 Å². The maximum Gasteiger partial charge on any atom is 0.573 e. The molecule has 200 valence electrons. The zero-order chi connectivity index (χ0) is 27.6. The fourth-order valence-electron chi connectivity index (χ4n) is 2.80. The Balaban J connectivity index is 2.03. The van der Waals surface area contributed by atoms with E-state index in [1.807, 2.05) is 0 Å². The smallest absolute Gasteiger partial charge is 0.488 e. The molecule has 0 spiro atoms. The molecule has 0 heterocycles. The molecule has 0 aliphatic heterocycles. The number of ether oxygens (including phenoxy) is 4. The summed E-state index contributed by atoms with van der Waals surface area (Å²) in [6.07, 6.45) is -8.52. The zero-order valence-corrected chi connectivity index (χ0v) is 19.7. The molecule has 2 aromatic carbocycles. The third-order valence-corrected chi connectivity index (χ3v) is 4.51. The molecule has 6 nitrogen and oxygen atoms in total. The summed E-state index contributed by atoms with van der Waals surface area (Å²) in [6.45, 7) is 1.88. The van der Waals surface area contributed by atoms with Crippen molar-refractivity contribution in [3.63, 3.8) is 0 Å². The van der Waals surface area contributed by atoms with Gasteiger partial charge in [-0.05, 0) is 48.9 Å². The Kier molecular flexibility index (Phi) is 10.5. The van der Waals surface area contributed by atoms with Gasteiger partial charge in [0.05, 0.1) is 10.6 Å². The van der Waals surface area contributed by atoms with Gasteiger partial charge in [-0.1, -0.05) is 29.5 Å². The summed E-state index contributed by atoms with van der Waals surface area (Å²) in [5.74, 6) is 2.08. The van der Waals surface area contributed by atoms with Crippen LogP contribution in [0.3, 0.4) is 0 Å². The summed E-state index contributed by atoms with van der Waals surface area (Å²) in [4.78, 5) is 11.2. The second-order valence-electron chi connectivity index (χ2n) is 6.99. The van der Waals surface area contributed by atoms with Gasteiger partial charge in [-0.25, -0.2) is 4.79 Å². The summed E-state index contributed by atoms with van der Waals surface area (Å²) in [5, 5.41) is 9.38. The standard InChI is InChI=1S/C24H19ClF6O6/c1-2-34-21(22(32)33)13-15-7-10-19(18(25)12-15)35-11-5-3-4-6-16-8-9-17(36-23(26,27)28)14-20(16)37-24(29,30)31/h3,5,7-10,12,14,21H,2,11,13H2,1H3,(H,32,33)/b5-3+/t21-/m0/s1. The molecule has 0 saturated carbocycles. The highest BCUT2D eigenvalue weighted by atomic mass is 35.5. The molecule has 0 aliphatic rings. The largest absolute Gasteiger partial charge is 0.573 e. The minimum atomic E-state index is -5.16. The summed E-state index contributed by atoms with van der Waals surface area (Å²) in [6, 6.07) is 6.80. The Labute approximate surface area is 212 Å². The van der Waals surface area contributed by atoms with E-state index in [9.17, 15) is 31.1 Å². The summed E-state index contributed by atoms with van der Waals surface area (Å²) >= 11 is 6.16. The van der Waals surface area contributed by atoms with Crippen molar-refractivity contribution < 1.29 is 55.2 Å². The lowest BCUT2D eigenvalue weighted by molar-refractivity contribution is -0.276. The molecule has 1 atom stereocenters. The van der Waals surface area contributed by atoms with Crippen LogP contribution in [0.2, 0.25) is 5.02 Å². The van der Waals surface area contributed by atoms with Gasteiger partial charge in [-0.2, -0.15) is 0 Å². The molecule has 0 aliphatic carbocycles. The van der Waals surface area contributed by atoms with E-state index in [2.05, 4.69) is 21.3 Å². The second-order valence-corrected chi connectivity index (χ2v) is 7.39. The number of hydrogen-bond acceptors (Lipinski definition) is 5. The molecule has 0 unspecified atom stereocenters. The van der Waals surface area contributed by atoms with E-state index in [1.165, 1.54) is 24.3 Å². The summed E-state index contributed by atoms with van der Waals surface area (Å²) in [5.41, 5.74) is 0.283. The lowest BCUT2D eigenvalue weighted by Gasteiger charge is -2.13. The monoisotopic (exact) mass is 552 g/mol. The maximum absolute atomic E-state index is 12.6. The van der Waals surface area contributed by atoms with E-state index >= 15 is 0 Å². The molecule has 0 fully saturated rings. The van der Waals surface area contributed by atoms with E-state index in [-0.39, 0.29) is 36.0 Å². The number of carboxylic acid groups (broad SMARTS) is 1. The van der Waals surface area contributed by atoms with Crippen LogP contribution in [0, 0.1) is 11.8 Å². The summed E-state index contributed by atoms with van der Waals surface area (Å²) in [7, 11) is 0. The Hall–Kier alpha value is -3.56. The van der Waals surface area contributed by atoms with E-state index < -0.39 is 36.3 Å². The molecular weight excluding hydrogens is 534 g/mol. The third-order valence-electron chi connectivity index (χ3n) is 4.22. The molecule has 2 rings (SSSR count). The van der Waals surface area contributed by atoms with Gasteiger partial charge in [-0.15, -0.1) is 26.3 Å². The summed E-state index contributed by atoms with van der Waals surface area (Å²) < 4.78 is 92.9. The molecular formula is C24H19ClF6O6. The molecule has 0 radical (unpaired) electrons. The van der Waals surface area contributed by atoms with Gasteiger partial charge in [0.25, 0.3) is 0 Å². The highest BCUT2D eigenvalue weighted by Gasteiger charge is 2.34. The molecule has 0 saturated heterocycles. The molecule has 13 heteroatoms. The van der Waals surface area contributed by atoms with Crippen molar-refractivity contribution in [1.29, 1.82) is 0 Å². The predicted octanol–water partition coefficient (Wildman–Crippen LogP) is 6.16. The fraction of sp³-hybridized carbons (Fsp3) is 0.292. The highest BCUT2D eigenvalue weighted by molar-refractivity contribution is 6.32. The van der Waals surface area contributed by atoms with Crippen LogP contribution >= 0.6 is 11.6 Å².